The van der Waals surface area contributed by atoms with Gasteiger partial charge in [-0.1, -0.05) is 72.8 Å². The average Bonchev–Trinajstić information content (AvgIpc) is 3.58. The molecule has 224 valence electrons. The summed E-state index contributed by atoms with van der Waals surface area (Å²) >= 11 is 0. The number of nitrogens with zero attached hydrogens (tertiary/aromatic N) is 4. The third-order valence-corrected chi connectivity index (χ3v) is 9.25. The summed E-state index contributed by atoms with van der Waals surface area (Å²) in [6.45, 7) is 8.83. The molecule has 2 aliphatic heterocycles. The molecule has 0 saturated heterocycles. The Kier molecular flexibility index (Phi) is 6.65. The maximum atomic E-state index is 2.45. The van der Waals surface area contributed by atoms with Gasteiger partial charge in [0.15, 0.2) is 11.6 Å². The van der Waals surface area contributed by atoms with Crippen molar-refractivity contribution >= 4 is 45.5 Å². The van der Waals surface area contributed by atoms with E-state index in [4.69, 9.17) is 0 Å². The fourth-order valence-electron chi connectivity index (χ4n) is 6.70. The summed E-state index contributed by atoms with van der Waals surface area (Å²) in [6, 6.07) is 52.5. The van der Waals surface area contributed by atoms with Crippen LogP contribution in [0.1, 0.15) is 22.3 Å². The van der Waals surface area contributed by atoms with Crippen molar-refractivity contribution in [3.05, 3.63) is 179 Å². The summed E-state index contributed by atoms with van der Waals surface area (Å²) < 4.78 is 0. The van der Waals surface area contributed by atoms with Crippen LogP contribution < -0.4 is 19.6 Å². The third-order valence-electron chi connectivity index (χ3n) is 9.25. The highest BCUT2D eigenvalue weighted by atomic mass is 15.5. The Balaban J connectivity index is 1.56. The molecule has 0 saturated carbocycles. The van der Waals surface area contributed by atoms with E-state index in [0.29, 0.717) is 0 Å². The van der Waals surface area contributed by atoms with Crippen LogP contribution >= 0.6 is 0 Å². The highest BCUT2D eigenvalue weighted by molar-refractivity contribution is 6.00. The molecule has 0 N–H and O–H groups in total. The van der Waals surface area contributed by atoms with E-state index in [9.17, 15) is 0 Å². The van der Waals surface area contributed by atoms with Crippen LogP contribution in [0.3, 0.4) is 0 Å². The zero-order chi connectivity index (χ0) is 31.4. The zero-order valence-electron chi connectivity index (χ0n) is 26.6. The van der Waals surface area contributed by atoms with Crippen LogP contribution in [0, 0.1) is 27.7 Å². The van der Waals surface area contributed by atoms with E-state index in [1.807, 2.05) is 0 Å². The van der Waals surface area contributed by atoms with Crippen molar-refractivity contribution in [2.45, 2.75) is 27.7 Å². The van der Waals surface area contributed by atoms with Crippen molar-refractivity contribution in [3.63, 3.8) is 0 Å². The minimum atomic E-state index is 1.07. The highest BCUT2D eigenvalue weighted by Gasteiger charge is 2.44. The van der Waals surface area contributed by atoms with Crippen LogP contribution in [0.5, 0.6) is 0 Å². The van der Waals surface area contributed by atoms with E-state index in [0.717, 1.165) is 57.1 Å². The van der Waals surface area contributed by atoms with Gasteiger partial charge in [0.05, 0.1) is 22.7 Å². The fraction of sp³-hybridized carbons (Fsp3) is 0.0952. The van der Waals surface area contributed by atoms with Gasteiger partial charge >= 0.3 is 0 Å². The lowest BCUT2D eigenvalue weighted by atomic mass is 10.1. The number of benzene rings is 6. The van der Waals surface area contributed by atoms with E-state index in [-0.39, 0.29) is 0 Å². The first-order chi connectivity index (χ1) is 22.5. The molecular weight excluding hydrogens is 560 g/mol. The summed E-state index contributed by atoms with van der Waals surface area (Å²) in [5.74, 6) is 2.13. The number of anilines is 8. The SMILES string of the molecule is Cc1cc2c(cc1C)N(c1ccccc1)C(=C1N(c3ccccc3)c3cc(C)c(C)cc3N1c1ccccc1)N2c1ccccc1. The number of para-hydroxylation sites is 4. The van der Waals surface area contributed by atoms with Gasteiger partial charge < -0.3 is 0 Å². The highest BCUT2D eigenvalue weighted by Crippen LogP contribution is 2.57. The largest absolute Gasteiger partial charge is 0.291 e. The molecule has 0 radical (unpaired) electrons. The number of fused-ring (bicyclic) bond motifs is 2. The van der Waals surface area contributed by atoms with Crippen molar-refractivity contribution in [2.24, 2.45) is 0 Å². The van der Waals surface area contributed by atoms with Gasteiger partial charge in [-0.3, -0.25) is 19.6 Å². The number of rotatable bonds is 4. The molecule has 8 rings (SSSR count). The van der Waals surface area contributed by atoms with Crippen molar-refractivity contribution in [3.8, 4) is 0 Å². The maximum absolute atomic E-state index is 2.45. The van der Waals surface area contributed by atoms with E-state index >= 15 is 0 Å². The monoisotopic (exact) mass is 596 g/mol. The van der Waals surface area contributed by atoms with Crippen molar-refractivity contribution in [2.75, 3.05) is 19.6 Å². The molecule has 4 heteroatoms. The van der Waals surface area contributed by atoms with Gasteiger partial charge in [-0.15, -0.1) is 0 Å². The first-order valence-corrected chi connectivity index (χ1v) is 15.9. The summed E-state index contributed by atoms with van der Waals surface area (Å²) in [5.41, 5.74) is 14.1. The van der Waals surface area contributed by atoms with Gasteiger partial charge in [0.1, 0.15) is 0 Å². The average molecular weight is 597 g/mol. The number of hydrogen-bond donors (Lipinski definition) is 0. The van der Waals surface area contributed by atoms with Crippen LogP contribution in [0.2, 0.25) is 0 Å². The molecule has 0 aromatic heterocycles. The molecule has 0 amide bonds. The van der Waals surface area contributed by atoms with Gasteiger partial charge in [0.25, 0.3) is 0 Å². The summed E-state index contributed by atoms with van der Waals surface area (Å²) in [7, 11) is 0. The molecule has 2 heterocycles. The fourth-order valence-corrected chi connectivity index (χ4v) is 6.70. The Morgan fingerprint density at radius 1 is 0.283 bits per heavy atom. The van der Waals surface area contributed by atoms with E-state index < -0.39 is 0 Å². The molecule has 0 atom stereocenters. The molecule has 0 unspecified atom stereocenters. The predicted molar refractivity (Wildman–Crippen MR) is 193 cm³/mol. The van der Waals surface area contributed by atoms with Gasteiger partial charge in [0.2, 0.25) is 0 Å². The van der Waals surface area contributed by atoms with Gasteiger partial charge in [-0.05, 0) is 123 Å². The smallest absolute Gasteiger partial charge is 0.166 e. The molecule has 46 heavy (non-hydrogen) atoms. The minimum Gasteiger partial charge on any atom is -0.291 e. The normalized spacial score (nSPS) is 13.8. The van der Waals surface area contributed by atoms with Gasteiger partial charge in [-0.25, -0.2) is 0 Å². The van der Waals surface area contributed by atoms with E-state index in [1.54, 1.807) is 0 Å². The molecule has 0 aliphatic carbocycles. The Bertz CT molecular complexity index is 1790. The van der Waals surface area contributed by atoms with Crippen LogP contribution in [0.15, 0.2) is 157 Å². The Labute approximate surface area is 271 Å². The van der Waals surface area contributed by atoms with Gasteiger partial charge in [0, 0.05) is 22.7 Å². The van der Waals surface area contributed by atoms with E-state index in [1.165, 1.54) is 22.3 Å². The second-order valence-electron chi connectivity index (χ2n) is 12.2. The summed E-state index contributed by atoms with van der Waals surface area (Å²) in [5, 5.41) is 0. The van der Waals surface area contributed by atoms with Crippen molar-refractivity contribution in [1.29, 1.82) is 0 Å². The third kappa shape index (κ3) is 4.37. The second kappa shape index (κ2) is 11.0. The standard InChI is InChI=1S/C42H36N4/c1-29-25-37-38(26-30(29)2)44(34-19-11-6-12-20-34)41(43(37)33-17-9-5-10-18-33)42-45(35-21-13-7-14-22-35)39-27-31(3)32(4)28-40(39)46(42)36-23-15-8-16-24-36/h5-28H,1-4H3. The lowest BCUT2D eigenvalue weighted by molar-refractivity contribution is 1.01. The predicted octanol–water partition coefficient (Wildman–Crippen LogP) is 11.3. The number of hydrogen-bond acceptors (Lipinski definition) is 4. The summed E-state index contributed by atoms with van der Waals surface area (Å²) in [6.07, 6.45) is 0. The molecule has 0 bridgehead atoms. The molecule has 0 spiro atoms. The van der Waals surface area contributed by atoms with Crippen LogP contribution in [0.4, 0.5) is 45.5 Å². The van der Waals surface area contributed by atoms with Crippen LogP contribution in [-0.4, -0.2) is 0 Å². The second-order valence-corrected chi connectivity index (χ2v) is 12.2. The molecular formula is C42H36N4. The Morgan fingerprint density at radius 2 is 0.478 bits per heavy atom. The quantitative estimate of drug-likeness (QED) is 0.201. The topological polar surface area (TPSA) is 13.0 Å². The maximum Gasteiger partial charge on any atom is 0.166 e. The zero-order valence-corrected chi connectivity index (χ0v) is 26.6. The lowest BCUT2D eigenvalue weighted by Gasteiger charge is -2.34. The van der Waals surface area contributed by atoms with Crippen molar-refractivity contribution < 1.29 is 0 Å². The lowest BCUT2D eigenvalue weighted by Crippen LogP contribution is -2.33. The first-order valence-electron chi connectivity index (χ1n) is 15.9. The van der Waals surface area contributed by atoms with Gasteiger partial charge in [-0.2, -0.15) is 0 Å². The minimum absolute atomic E-state index is 1.07. The number of aryl methyl sites for hydroxylation is 4. The molecule has 4 nitrogen and oxygen atoms in total. The molecule has 2 aliphatic rings. The Morgan fingerprint density at radius 3 is 0.674 bits per heavy atom. The van der Waals surface area contributed by atoms with Crippen LogP contribution in [-0.2, 0) is 0 Å². The Hall–Kier alpha value is -5.74. The molecule has 0 fully saturated rings. The molecule has 6 aromatic rings. The molecule has 6 aromatic carbocycles. The van der Waals surface area contributed by atoms with Crippen molar-refractivity contribution in [1.82, 2.24) is 0 Å². The first kappa shape index (κ1) is 27.8. The summed E-state index contributed by atoms with van der Waals surface area (Å²) in [4.78, 5) is 9.78. The van der Waals surface area contributed by atoms with E-state index in [2.05, 4.69) is 193 Å². The van der Waals surface area contributed by atoms with Crippen LogP contribution in [0.25, 0.3) is 0 Å².